The highest BCUT2D eigenvalue weighted by Gasteiger charge is 2.36. The van der Waals surface area contributed by atoms with E-state index in [1.165, 1.54) is 6.08 Å². The smallest absolute Gasteiger partial charge is 0.338 e. The van der Waals surface area contributed by atoms with Crippen LogP contribution >= 0.6 is 0 Å². The first-order chi connectivity index (χ1) is 22.6. The summed E-state index contributed by atoms with van der Waals surface area (Å²) >= 11 is 0. The van der Waals surface area contributed by atoms with Crippen LogP contribution in [0.2, 0.25) is 0 Å². The van der Waals surface area contributed by atoms with Gasteiger partial charge in [0.1, 0.15) is 25.1 Å². The molecular formula is C38H50O9. The monoisotopic (exact) mass is 650 g/mol. The molecule has 1 saturated heterocycles. The molecule has 0 saturated carbocycles. The first-order valence-electron chi connectivity index (χ1n) is 16.5. The third-order valence-corrected chi connectivity index (χ3v) is 8.31. The minimum absolute atomic E-state index is 0.141. The van der Waals surface area contributed by atoms with Crippen LogP contribution in [-0.4, -0.2) is 61.3 Å². The average molecular weight is 651 g/mol. The van der Waals surface area contributed by atoms with Crippen molar-refractivity contribution in [1.82, 2.24) is 0 Å². The molecular weight excluding hydrogens is 600 g/mol. The molecule has 1 heterocycles. The van der Waals surface area contributed by atoms with Crippen molar-refractivity contribution < 1.29 is 42.8 Å². The van der Waals surface area contributed by atoms with Crippen LogP contribution in [-0.2, 0) is 44.6 Å². The van der Waals surface area contributed by atoms with E-state index in [1.807, 2.05) is 37.3 Å². The highest BCUT2D eigenvalue weighted by atomic mass is 16.7. The highest BCUT2D eigenvalue weighted by molar-refractivity contribution is 5.89. The summed E-state index contributed by atoms with van der Waals surface area (Å²) in [4.78, 5) is 38.4. The quantitative estimate of drug-likeness (QED) is 0.0492. The number of carbonyl (C=O) groups excluding carboxylic acids is 3. The maximum atomic E-state index is 13.1. The van der Waals surface area contributed by atoms with Crippen molar-refractivity contribution in [3.05, 3.63) is 97.1 Å². The van der Waals surface area contributed by atoms with Gasteiger partial charge in [0, 0.05) is 12.8 Å². The highest BCUT2D eigenvalue weighted by Crippen LogP contribution is 2.30. The Kier molecular flexibility index (Phi) is 15.8. The summed E-state index contributed by atoms with van der Waals surface area (Å²) in [5.41, 5.74) is 1.46. The Balaban J connectivity index is 1.39. The van der Waals surface area contributed by atoms with Gasteiger partial charge in [0.2, 0.25) is 0 Å². The van der Waals surface area contributed by atoms with E-state index < -0.39 is 42.1 Å². The first kappa shape index (κ1) is 37.7. The molecule has 0 unspecified atom stereocenters. The average Bonchev–Trinajstić information content (AvgIpc) is 3.55. The van der Waals surface area contributed by atoms with E-state index in [0.717, 1.165) is 18.4 Å². The van der Waals surface area contributed by atoms with Crippen LogP contribution in [0.1, 0.15) is 75.7 Å². The predicted octanol–water partition coefficient (Wildman–Crippen LogP) is 7.00. The van der Waals surface area contributed by atoms with Crippen LogP contribution in [0.25, 0.3) is 0 Å². The van der Waals surface area contributed by atoms with Crippen LogP contribution in [0.15, 0.2) is 86.0 Å². The van der Waals surface area contributed by atoms with Crippen molar-refractivity contribution >= 4 is 17.9 Å². The topological polar surface area (TPSA) is 107 Å². The van der Waals surface area contributed by atoms with Gasteiger partial charge in [0.25, 0.3) is 0 Å². The Hall–Kier alpha value is -3.79. The van der Waals surface area contributed by atoms with Gasteiger partial charge < -0.3 is 28.4 Å². The van der Waals surface area contributed by atoms with Crippen LogP contribution in [0, 0.1) is 11.8 Å². The van der Waals surface area contributed by atoms with Gasteiger partial charge in [-0.3, -0.25) is 9.59 Å². The van der Waals surface area contributed by atoms with Crippen molar-refractivity contribution in [1.29, 1.82) is 0 Å². The second-order valence-corrected chi connectivity index (χ2v) is 12.0. The Labute approximate surface area is 279 Å². The first-order valence-corrected chi connectivity index (χ1v) is 16.5. The molecule has 256 valence electrons. The van der Waals surface area contributed by atoms with Crippen LogP contribution < -0.4 is 0 Å². The predicted molar refractivity (Wildman–Crippen MR) is 178 cm³/mol. The molecule has 9 nitrogen and oxygen atoms in total. The standard InChI is InChI=1S/C38H50O9/c1-7-31(43-25-42-24-29-16-12-10-13-17-29)23-32(8-2)46-37(40)28(6)35-21-20-33(45-35)22-26(4)44-36(39)27(5)34(9-3)47-38(41)30-18-14-11-15-19-30/h8-19,26-28,31-35H,2-3,7,20-25H2,1,4-6H3/t26-,27+,28-,31+,32-,33+,34-,35-/m0/s1. The largest absolute Gasteiger partial charge is 0.462 e. The summed E-state index contributed by atoms with van der Waals surface area (Å²) in [6, 6.07) is 18.4. The Morgan fingerprint density at radius 1 is 0.894 bits per heavy atom. The number of hydrogen-bond donors (Lipinski definition) is 0. The minimum Gasteiger partial charge on any atom is -0.462 e. The lowest BCUT2D eigenvalue weighted by molar-refractivity contribution is -0.160. The zero-order valence-corrected chi connectivity index (χ0v) is 28.1. The molecule has 1 aliphatic rings. The van der Waals surface area contributed by atoms with Gasteiger partial charge in [-0.25, -0.2) is 4.79 Å². The fourth-order valence-corrected chi connectivity index (χ4v) is 5.34. The Morgan fingerprint density at radius 3 is 2.21 bits per heavy atom. The summed E-state index contributed by atoms with van der Waals surface area (Å²) in [5, 5.41) is 0. The molecule has 8 atom stereocenters. The number of rotatable bonds is 20. The molecule has 47 heavy (non-hydrogen) atoms. The third kappa shape index (κ3) is 12.4. The van der Waals surface area contributed by atoms with Gasteiger partial charge in [-0.1, -0.05) is 80.8 Å². The molecule has 3 rings (SSSR count). The van der Waals surface area contributed by atoms with Crippen molar-refractivity contribution in [3.63, 3.8) is 0 Å². The van der Waals surface area contributed by atoms with Gasteiger partial charge in [-0.05, 0) is 57.7 Å². The van der Waals surface area contributed by atoms with Gasteiger partial charge in [0.05, 0.1) is 42.3 Å². The number of esters is 3. The van der Waals surface area contributed by atoms with Crippen molar-refractivity contribution in [2.45, 2.75) is 103 Å². The number of ether oxygens (including phenoxy) is 6. The molecule has 0 N–H and O–H groups in total. The Bertz CT molecular complexity index is 1260. The minimum atomic E-state index is -0.840. The SMILES string of the molecule is C=C[C@H](OC(=O)c1ccccc1)[C@@H](C)C(=O)O[C@@H](C)C[C@H]1CC[C@@H]([C@H](C)C(=O)O[C@@H](C=C)C[C@@H](CC)OCOCc2ccccc2)O1. The lowest BCUT2D eigenvalue weighted by Crippen LogP contribution is -2.33. The van der Waals surface area contributed by atoms with E-state index in [1.54, 1.807) is 57.2 Å². The Morgan fingerprint density at radius 2 is 1.57 bits per heavy atom. The molecule has 0 spiro atoms. The summed E-state index contributed by atoms with van der Waals surface area (Å²) in [5.74, 6) is -2.62. The maximum absolute atomic E-state index is 13.1. The fraction of sp³-hybridized carbons (Fsp3) is 0.500. The van der Waals surface area contributed by atoms with Crippen molar-refractivity contribution in [2.75, 3.05) is 6.79 Å². The molecule has 0 aromatic heterocycles. The molecule has 0 amide bonds. The second kappa shape index (κ2) is 19.8. The zero-order valence-electron chi connectivity index (χ0n) is 28.1. The van der Waals surface area contributed by atoms with Gasteiger partial charge in [-0.15, -0.1) is 0 Å². The van der Waals surface area contributed by atoms with Crippen LogP contribution in [0.4, 0.5) is 0 Å². The number of carbonyl (C=O) groups is 3. The summed E-state index contributed by atoms with van der Waals surface area (Å²) in [7, 11) is 0. The van der Waals surface area contributed by atoms with E-state index >= 15 is 0 Å². The number of benzene rings is 2. The lowest BCUT2D eigenvalue weighted by Gasteiger charge is -2.25. The third-order valence-electron chi connectivity index (χ3n) is 8.31. The maximum Gasteiger partial charge on any atom is 0.338 e. The van der Waals surface area contributed by atoms with E-state index in [-0.39, 0.29) is 31.1 Å². The molecule has 1 aliphatic heterocycles. The normalized spacial score (nSPS) is 19.7. The van der Waals surface area contributed by atoms with E-state index in [0.29, 0.717) is 31.4 Å². The van der Waals surface area contributed by atoms with Gasteiger partial charge >= 0.3 is 17.9 Å². The zero-order chi connectivity index (χ0) is 34.2. The molecule has 9 heteroatoms. The summed E-state index contributed by atoms with van der Waals surface area (Å²) < 4.78 is 34.7. The molecule has 0 aliphatic carbocycles. The molecule has 0 radical (unpaired) electrons. The van der Waals surface area contributed by atoms with Crippen LogP contribution in [0.5, 0.6) is 0 Å². The van der Waals surface area contributed by atoms with Crippen molar-refractivity contribution in [3.8, 4) is 0 Å². The molecule has 2 aromatic rings. The second-order valence-electron chi connectivity index (χ2n) is 12.0. The number of hydrogen-bond acceptors (Lipinski definition) is 9. The lowest BCUT2D eigenvalue weighted by atomic mass is 10.0. The van der Waals surface area contributed by atoms with Gasteiger partial charge in [0.15, 0.2) is 0 Å². The summed E-state index contributed by atoms with van der Waals surface area (Å²) in [6.45, 7) is 15.4. The van der Waals surface area contributed by atoms with Crippen LogP contribution in [0.3, 0.4) is 0 Å². The molecule has 0 bridgehead atoms. The van der Waals surface area contributed by atoms with E-state index in [2.05, 4.69) is 13.2 Å². The van der Waals surface area contributed by atoms with E-state index in [9.17, 15) is 14.4 Å². The van der Waals surface area contributed by atoms with Gasteiger partial charge in [-0.2, -0.15) is 0 Å². The van der Waals surface area contributed by atoms with Crippen molar-refractivity contribution in [2.24, 2.45) is 11.8 Å². The van der Waals surface area contributed by atoms with E-state index in [4.69, 9.17) is 28.4 Å². The summed E-state index contributed by atoms with van der Waals surface area (Å²) in [6.07, 6.45) is 3.69. The molecule has 2 aromatic carbocycles. The molecule has 1 fully saturated rings. The fourth-order valence-electron chi connectivity index (χ4n) is 5.34.